The molecule has 23 heavy (non-hydrogen) atoms. The number of ether oxygens (including phenoxy) is 1. The lowest BCUT2D eigenvalue weighted by molar-refractivity contribution is -0.145. The van der Waals surface area contributed by atoms with E-state index in [0.717, 1.165) is 5.56 Å². The maximum Gasteiger partial charge on any atom is 0.310 e. The summed E-state index contributed by atoms with van der Waals surface area (Å²) in [6.07, 6.45) is 9.56. The SMILES string of the molecule is C#CC(=Cc1ccccc1)COC(=O)C1C(C=C(C)C)C1(C)C. The van der Waals surface area contributed by atoms with Crippen LogP contribution in [0.2, 0.25) is 0 Å². The molecule has 0 N–H and O–H groups in total. The highest BCUT2D eigenvalue weighted by atomic mass is 16.5. The maximum atomic E-state index is 12.3. The van der Waals surface area contributed by atoms with Crippen molar-refractivity contribution < 1.29 is 9.53 Å². The van der Waals surface area contributed by atoms with Gasteiger partial charge in [0.15, 0.2) is 0 Å². The van der Waals surface area contributed by atoms with Gasteiger partial charge in [-0.15, -0.1) is 6.42 Å². The van der Waals surface area contributed by atoms with Crippen LogP contribution in [0.1, 0.15) is 33.3 Å². The molecule has 120 valence electrons. The molecule has 0 bridgehead atoms. The van der Waals surface area contributed by atoms with Gasteiger partial charge in [-0.05, 0) is 36.8 Å². The molecular weight excluding hydrogens is 284 g/mol. The van der Waals surface area contributed by atoms with E-state index in [4.69, 9.17) is 11.2 Å². The summed E-state index contributed by atoms with van der Waals surface area (Å²) in [5.74, 6) is 2.62. The Labute approximate surface area is 139 Å². The van der Waals surface area contributed by atoms with Crippen LogP contribution >= 0.6 is 0 Å². The van der Waals surface area contributed by atoms with Crippen molar-refractivity contribution in [2.24, 2.45) is 17.3 Å². The van der Waals surface area contributed by atoms with Crippen molar-refractivity contribution in [2.75, 3.05) is 6.61 Å². The molecule has 1 fully saturated rings. The summed E-state index contributed by atoms with van der Waals surface area (Å²) in [6.45, 7) is 8.46. The molecule has 0 amide bonds. The average molecular weight is 308 g/mol. The fraction of sp³-hybridized carbons (Fsp3) is 0.381. The Kier molecular flexibility index (Phi) is 5.11. The smallest absolute Gasteiger partial charge is 0.310 e. The summed E-state index contributed by atoms with van der Waals surface area (Å²) >= 11 is 0. The van der Waals surface area contributed by atoms with Crippen molar-refractivity contribution in [1.82, 2.24) is 0 Å². The third kappa shape index (κ3) is 4.13. The zero-order valence-corrected chi connectivity index (χ0v) is 14.3. The van der Waals surface area contributed by atoms with Crippen molar-refractivity contribution >= 4 is 12.0 Å². The lowest BCUT2D eigenvalue weighted by Crippen LogP contribution is -2.12. The summed E-state index contributed by atoms with van der Waals surface area (Å²) in [4.78, 5) is 12.3. The minimum Gasteiger partial charge on any atom is -0.460 e. The number of esters is 1. The average Bonchev–Trinajstić information content (AvgIpc) is 3.04. The summed E-state index contributed by atoms with van der Waals surface area (Å²) < 4.78 is 5.46. The van der Waals surface area contributed by atoms with Gasteiger partial charge < -0.3 is 4.74 Å². The van der Waals surface area contributed by atoms with Crippen molar-refractivity contribution in [3.63, 3.8) is 0 Å². The molecule has 0 aliphatic heterocycles. The standard InChI is InChI=1S/C21H24O2/c1-6-16(13-17-10-8-7-9-11-17)14-23-20(22)19-18(12-15(2)3)21(19,4)5/h1,7-13,18-19H,14H2,2-5H3. The predicted molar refractivity (Wildman–Crippen MR) is 94.4 cm³/mol. The number of allylic oxidation sites excluding steroid dienone is 2. The second-order valence-electron chi connectivity index (χ2n) is 6.90. The van der Waals surface area contributed by atoms with Crippen LogP contribution in [0.15, 0.2) is 47.6 Å². The number of carbonyl (C=O) groups is 1. The van der Waals surface area contributed by atoms with E-state index in [9.17, 15) is 4.79 Å². The fourth-order valence-corrected chi connectivity index (χ4v) is 2.91. The lowest BCUT2D eigenvalue weighted by Gasteiger charge is -2.06. The fourth-order valence-electron chi connectivity index (χ4n) is 2.91. The molecule has 0 spiro atoms. The van der Waals surface area contributed by atoms with E-state index in [1.54, 1.807) is 0 Å². The first-order valence-corrected chi connectivity index (χ1v) is 7.90. The molecule has 2 nitrogen and oxygen atoms in total. The van der Waals surface area contributed by atoms with Crippen LogP contribution in [0, 0.1) is 29.6 Å². The molecule has 0 aromatic heterocycles. The third-order valence-electron chi connectivity index (χ3n) is 4.37. The van der Waals surface area contributed by atoms with Gasteiger partial charge in [0.25, 0.3) is 0 Å². The van der Waals surface area contributed by atoms with Crippen LogP contribution in [0.25, 0.3) is 6.08 Å². The normalized spacial score (nSPS) is 22.0. The van der Waals surface area contributed by atoms with E-state index in [-0.39, 0.29) is 29.8 Å². The Morgan fingerprint density at radius 3 is 2.52 bits per heavy atom. The number of hydrogen-bond donors (Lipinski definition) is 0. The summed E-state index contributed by atoms with van der Waals surface area (Å²) in [6, 6.07) is 9.78. The minimum absolute atomic E-state index is 0.0339. The minimum atomic E-state index is -0.160. The molecule has 1 aromatic rings. The molecule has 1 aliphatic carbocycles. The molecule has 2 heteroatoms. The molecule has 1 aromatic carbocycles. The topological polar surface area (TPSA) is 26.3 Å². The first kappa shape index (κ1) is 17.1. The first-order chi connectivity index (χ1) is 10.9. The Hall–Kier alpha value is -2.27. The second-order valence-corrected chi connectivity index (χ2v) is 6.90. The van der Waals surface area contributed by atoms with Gasteiger partial charge in [-0.25, -0.2) is 0 Å². The van der Waals surface area contributed by atoms with Crippen LogP contribution in [-0.4, -0.2) is 12.6 Å². The van der Waals surface area contributed by atoms with E-state index < -0.39 is 0 Å². The summed E-state index contributed by atoms with van der Waals surface area (Å²) in [5, 5.41) is 0. The summed E-state index contributed by atoms with van der Waals surface area (Å²) in [7, 11) is 0. The van der Waals surface area contributed by atoms with E-state index >= 15 is 0 Å². The van der Waals surface area contributed by atoms with Gasteiger partial charge in [0.05, 0.1) is 5.92 Å². The number of hydrogen-bond acceptors (Lipinski definition) is 2. The van der Waals surface area contributed by atoms with Crippen LogP contribution in [0.3, 0.4) is 0 Å². The number of terminal acetylenes is 1. The molecule has 0 radical (unpaired) electrons. The van der Waals surface area contributed by atoms with Gasteiger partial charge in [-0.1, -0.05) is 61.7 Å². The second kappa shape index (κ2) is 6.87. The van der Waals surface area contributed by atoms with Crippen LogP contribution < -0.4 is 0 Å². The molecule has 1 aliphatic rings. The van der Waals surface area contributed by atoms with Crippen molar-refractivity contribution in [3.8, 4) is 12.3 Å². The Bertz CT molecular complexity index is 668. The molecule has 0 heterocycles. The predicted octanol–water partition coefficient (Wildman–Crippen LogP) is 4.48. The van der Waals surface area contributed by atoms with E-state index in [1.165, 1.54) is 5.57 Å². The van der Waals surface area contributed by atoms with Crippen LogP contribution in [0.4, 0.5) is 0 Å². The van der Waals surface area contributed by atoms with Gasteiger partial charge in [0, 0.05) is 5.57 Å². The number of benzene rings is 1. The summed E-state index contributed by atoms with van der Waals surface area (Å²) in [5.41, 5.74) is 2.87. The van der Waals surface area contributed by atoms with Gasteiger partial charge in [0.2, 0.25) is 0 Å². The number of carbonyl (C=O) groups excluding carboxylic acids is 1. The van der Waals surface area contributed by atoms with E-state index in [0.29, 0.717) is 5.57 Å². The third-order valence-corrected chi connectivity index (χ3v) is 4.37. The maximum absolute atomic E-state index is 12.3. The van der Waals surface area contributed by atoms with Crippen molar-refractivity contribution in [1.29, 1.82) is 0 Å². The van der Waals surface area contributed by atoms with Gasteiger partial charge >= 0.3 is 5.97 Å². The molecular formula is C21H24O2. The molecule has 2 unspecified atom stereocenters. The van der Waals surface area contributed by atoms with E-state index in [2.05, 4.69) is 39.7 Å². The largest absolute Gasteiger partial charge is 0.460 e. The highest BCUT2D eigenvalue weighted by molar-refractivity contribution is 5.78. The zero-order chi connectivity index (χ0) is 17.0. The Balaban J connectivity index is 1.98. The lowest BCUT2D eigenvalue weighted by atomic mass is 10.1. The molecule has 2 rings (SSSR count). The van der Waals surface area contributed by atoms with Crippen molar-refractivity contribution in [3.05, 3.63) is 53.1 Å². The van der Waals surface area contributed by atoms with Crippen molar-refractivity contribution in [2.45, 2.75) is 27.7 Å². The van der Waals surface area contributed by atoms with Crippen LogP contribution in [-0.2, 0) is 9.53 Å². The zero-order valence-electron chi connectivity index (χ0n) is 14.3. The quantitative estimate of drug-likeness (QED) is 0.455. The molecule has 1 saturated carbocycles. The highest BCUT2D eigenvalue weighted by Gasteiger charge is 2.61. The van der Waals surface area contributed by atoms with Gasteiger partial charge in [-0.2, -0.15) is 0 Å². The van der Waals surface area contributed by atoms with Crippen LogP contribution in [0.5, 0.6) is 0 Å². The van der Waals surface area contributed by atoms with Gasteiger partial charge in [-0.3, -0.25) is 4.79 Å². The Morgan fingerprint density at radius 2 is 1.96 bits per heavy atom. The monoisotopic (exact) mass is 308 g/mol. The first-order valence-electron chi connectivity index (χ1n) is 7.90. The van der Waals surface area contributed by atoms with Gasteiger partial charge in [0.1, 0.15) is 6.61 Å². The highest BCUT2D eigenvalue weighted by Crippen LogP contribution is 2.59. The number of rotatable bonds is 5. The van der Waals surface area contributed by atoms with E-state index in [1.807, 2.05) is 36.4 Å². The Morgan fingerprint density at radius 1 is 1.30 bits per heavy atom. The molecule has 2 atom stereocenters. The molecule has 0 saturated heterocycles.